The van der Waals surface area contributed by atoms with Gasteiger partial charge >= 0.3 is 18.4 Å². The summed E-state index contributed by atoms with van der Waals surface area (Å²) < 4.78 is 78.6. The topological polar surface area (TPSA) is 104 Å². The Bertz CT molecular complexity index is 1440. The summed E-state index contributed by atoms with van der Waals surface area (Å²) in [6.45, 7) is 0. The van der Waals surface area contributed by atoms with Crippen LogP contribution in [0, 0.1) is 0 Å². The van der Waals surface area contributed by atoms with Crippen molar-refractivity contribution < 1.29 is 40.7 Å². The van der Waals surface area contributed by atoms with Gasteiger partial charge in [0.2, 0.25) is 0 Å². The van der Waals surface area contributed by atoms with Crippen LogP contribution < -0.4 is 15.6 Å². The highest BCUT2D eigenvalue weighted by Crippen LogP contribution is 2.37. The standard InChI is InChI=1S/C22H13Cl2F6N5O3S/c1-35(19(38)33-17(36)13-7-6-12(23)8-14(13)24)20-32-16(22(28,29)30)15(39-20)18(37)34-31-9-10-2-4-11(5-3-10)21(25,26)27/h2-9H,1H3,(H,34,37)(H,33,36,38)/b31-9+. The smallest absolute Gasteiger partial charge is 0.273 e. The van der Waals surface area contributed by atoms with E-state index >= 15 is 0 Å². The second kappa shape index (κ2) is 11.6. The molecular formula is C22H13Cl2F6N5O3S. The zero-order chi connectivity index (χ0) is 29.1. The van der Waals surface area contributed by atoms with Crippen LogP contribution in [-0.2, 0) is 12.4 Å². The number of urea groups is 1. The lowest BCUT2D eigenvalue weighted by molar-refractivity contribution is -0.141. The molecule has 2 N–H and O–H groups in total. The number of aromatic nitrogens is 1. The number of hydrogen-bond donors (Lipinski definition) is 2. The minimum Gasteiger partial charge on any atom is -0.273 e. The third kappa shape index (κ3) is 7.46. The molecule has 0 bridgehead atoms. The van der Waals surface area contributed by atoms with E-state index in [1.165, 1.54) is 18.2 Å². The van der Waals surface area contributed by atoms with Gasteiger partial charge in [-0.1, -0.05) is 46.7 Å². The number of imide groups is 1. The molecule has 0 saturated carbocycles. The molecule has 0 aliphatic rings. The number of rotatable bonds is 5. The first-order valence-electron chi connectivity index (χ1n) is 10.2. The molecule has 3 aromatic rings. The molecule has 2 aromatic carbocycles. The van der Waals surface area contributed by atoms with E-state index in [1.807, 2.05) is 10.7 Å². The van der Waals surface area contributed by atoms with Crippen LogP contribution >= 0.6 is 34.5 Å². The Labute approximate surface area is 229 Å². The summed E-state index contributed by atoms with van der Waals surface area (Å²) in [5.41, 5.74) is -0.745. The Morgan fingerprint density at radius 1 is 0.974 bits per heavy atom. The second-order valence-corrected chi connectivity index (χ2v) is 9.25. The van der Waals surface area contributed by atoms with Gasteiger partial charge in [-0.3, -0.25) is 19.8 Å². The predicted octanol–water partition coefficient (Wildman–Crippen LogP) is 6.24. The number of halogens is 8. The molecule has 0 unspecified atom stereocenters. The van der Waals surface area contributed by atoms with Crippen LogP contribution in [0.3, 0.4) is 0 Å². The monoisotopic (exact) mass is 611 g/mol. The number of hydrazone groups is 1. The lowest BCUT2D eigenvalue weighted by atomic mass is 10.1. The van der Waals surface area contributed by atoms with Gasteiger partial charge in [0.15, 0.2) is 10.8 Å². The third-order valence-electron chi connectivity index (χ3n) is 4.70. The number of anilines is 1. The van der Waals surface area contributed by atoms with Crippen LogP contribution in [-0.4, -0.2) is 36.1 Å². The number of amides is 4. The molecule has 206 valence electrons. The van der Waals surface area contributed by atoms with Crippen LogP contribution in [0.4, 0.5) is 36.3 Å². The molecule has 0 spiro atoms. The van der Waals surface area contributed by atoms with Crippen LogP contribution in [0.15, 0.2) is 47.6 Å². The Kier molecular flexibility index (Phi) is 8.87. The second-order valence-electron chi connectivity index (χ2n) is 7.43. The molecule has 1 heterocycles. The number of nitrogens with zero attached hydrogens (tertiary/aromatic N) is 3. The Balaban J connectivity index is 1.76. The fourth-order valence-corrected chi connectivity index (χ4v) is 4.21. The van der Waals surface area contributed by atoms with E-state index in [2.05, 4.69) is 10.1 Å². The number of carbonyl (C=O) groups is 3. The molecule has 17 heteroatoms. The maximum Gasteiger partial charge on any atom is 0.435 e. The molecule has 0 aliphatic carbocycles. The van der Waals surface area contributed by atoms with Crippen LogP contribution in [0.1, 0.15) is 36.9 Å². The first-order valence-corrected chi connectivity index (χ1v) is 11.8. The molecule has 0 radical (unpaired) electrons. The van der Waals surface area contributed by atoms with Crippen molar-refractivity contribution in [2.75, 3.05) is 11.9 Å². The van der Waals surface area contributed by atoms with E-state index in [0.717, 1.165) is 37.5 Å². The molecule has 0 fully saturated rings. The van der Waals surface area contributed by atoms with Gasteiger partial charge in [-0.05, 0) is 35.9 Å². The van der Waals surface area contributed by atoms with Crippen molar-refractivity contribution in [1.29, 1.82) is 0 Å². The number of nitrogens with one attached hydrogen (secondary N) is 2. The molecular weight excluding hydrogens is 599 g/mol. The number of thiazole rings is 1. The average Bonchev–Trinajstić information content (AvgIpc) is 3.29. The molecule has 1 aromatic heterocycles. The fourth-order valence-electron chi connectivity index (χ4n) is 2.78. The van der Waals surface area contributed by atoms with E-state index in [-0.39, 0.29) is 32.5 Å². The highest BCUT2D eigenvalue weighted by atomic mass is 35.5. The highest BCUT2D eigenvalue weighted by Gasteiger charge is 2.40. The first kappa shape index (κ1) is 29.9. The van der Waals surface area contributed by atoms with Crippen molar-refractivity contribution in [2.45, 2.75) is 12.4 Å². The summed E-state index contributed by atoms with van der Waals surface area (Å²) in [5, 5.41) is 4.93. The van der Waals surface area contributed by atoms with Gasteiger partial charge in [-0.15, -0.1) is 0 Å². The SMILES string of the molecule is CN(C(=O)NC(=O)c1ccc(Cl)cc1Cl)c1nc(C(F)(F)F)c(C(=O)N/N=C/c2ccc(C(F)(F)F)cc2)s1. The van der Waals surface area contributed by atoms with Crippen molar-refractivity contribution in [3.8, 4) is 0 Å². The Hall–Kier alpha value is -3.69. The molecule has 0 saturated heterocycles. The van der Waals surface area contributed by atoms with Crippen LogP contribution in [0.5, 0.6) is 0 Å². The molecule has 4 amide bonds. The Morgan fingerprint density at radius 3 is 2.18 bits per heavy atom. The highest BCUT2D eigenvalue weighted by molar-refractivity contribution is 7.17. The van der Waals surface area contributed by atoms with Crippen molar-refractivity contribution in [3.63, 3.8) is 0 Å². The quantitative estimate of drug-likeness (QED) is 0.202. The summed E-state index contributed by atoms with van der Waals surface area (Å²) in [6.07, 6.45) is -8.76. The van der Waals surface area contributed by atoms with E-state index in [1.54, 1.807) is 0 Å². The largest absolute Gasteiger partial charge is 0.435 e. The first-order chi connectivity index (χ1) is 18.1. The lowest BCUT2D eigenvalue weighted by Crippen LogP contribution is -2.41. The molecule has 0 aliphatic heterocycles. The van der Waals surface area contributed by atoms with Crippen molar-refractivity contribution in [3.05, 3.63) is 79.8 Å². The Morgan fingerprint density at radius 2 is 1.62 bits per heavy atom. The van der Waals surface area contributed by atoms with Crippen molar-refractivity contribution in [2.24, 2.45) is 5.10 Å². The predicted molar refractivity (Wildman–Crippen MR) is 131 cm³/mol. The molecule has 8 nitrogen and oxygen atoms in total. The summed E-state index contributed by atoms with van der Waals surface area (Å²) >= 11 is 11.8. The van der Waals surface area contributed by atoms with E-state index < -0.39 is 51.5 Å². The minimum absolute atomic E-state index is 0.0835. The average molecular weight is 612 g/mol. The van der Waals surface area contributed by atoms with Gasteiger partial charge in [0.05, 0.1) is 22.4 Å². The number of carbonyl (C=O) groups excluding carboxylic acids is 3. The zero-order valence-corrected chi connectivity index (χ0v) is 21.4. The maximum absolute atomic E-state index is 13.6. The summed E-state index contributed by atoms with van der Waals surface area (Å²) in [7, 11) is 1.01. The van der Waals surface area contributed by atoms with Crippen molar-refractivity contribution >= 4 is 63.7 Å². The summed E-state index contributed by atoms with van der Waals surface area (Å²) in [6, 6.07) is 6.21. The van der Waals surface area contributed by atoms with Gasteiger partial charge in [-0.2, -0.15) is 31.4 Å². The zero-order valence-electron chi connectivity index (χ0n) is 19.1. The van der Waals surface area contributed by atoms with Gasteiger partial charge in [0.25, 0.3) is 11.8 Å². The van der Waals surface area contributed by atoms with Gasteiger partial charge in [0.1, 0.15) is 4.88 Å². The fraction of sp³-hybridized carbons (Fsp3) is 0.136. The van der Waals surface area contributed by atoms with Gasteiger partial charge < -0.3 is 0 Å². The molecule has 39 heavy (non-hydrogen) atoms. The molecule has 0 atom stereocenters. The summed E-state index contributed by atoms with van der Waals surface area (Å²) in [5.74, 6) is -2.33. The van der Waals surface area contributed by atoms with Gasteiger partial charge in [-0.25, -0.2) is 15.2 Å². The van der Waals surface area contributed by atoms with E-state index in [4.69, 9.17) is 23.2 Å². The van der Waals surface area contributed by atoms with Crippen LogP contribution in [0.25, 0.3) is 0 Å². The van der Waals surface area contributed by atoms with E-state index in [9.17, 15) is 40.7 Å². The normalized spacial score (nSPS) is 11.9. The number of benzene rings is 2. The van der Waals surface area contributed by atoms with Crippen molar-refractivity contribution in [1.82, 2.24) is 15.7 Å². The number of hydrogen-bond acceptors (Lipinski definition) is 6. The minimum atomic E-state index is -5.11. The maximum atomic E-state index is 13.6. The number of alkyl halides is 6. The van der Waals surface area contributed by atoms with Crippen LogP contribution in [0.2, 0.25) is 10.0 Å². The lowest BCUT2D eigenvalue weighted by Gasteiger charge is -2.14. The van der Waals surface area contributed by atoms with Gasteiger partial charge in [0, 0.05) is 12.1 Å². The summed E-state index contributed by atoms with van der Waals surface area (Å²) in [4.78, 5) is 40.2. The third-order valence-corrected chi connectivity index (χ3v) is 6.37. The molecule has 3 rings (SSSR count). The van der Waals surface area contributed by atoms with E-state index in [0.29, 0.717) is 4.90 Å².